The maximum absolute atomic E-state index is 5.37. The van der Waals surface area contributed by atoms with E-state index in [1.807, 2.05) is 30.3 Å². The lowest BCUT2D eigenvalue weighted by molar-refractivity contribution is 0.260. The first-order chi connectivity index (χ1) is 11.1. The molecule has 4 heteroatoms. The van der Waals surface area contributed by atoms with Crippen LogP contribution >= 0.6 is 0 Å². The van der Waals surface area contributed by atoms with Gasteiger partial charge in [-0.05, 0) is 32.0 Å². The van der Waals surface area contributed by atoms with Crippen molar-refractivity contribution in [2.45, 2.75) is 26.9 Å². The maximum Gasteiger partial charge on any atom is 0.241 e. The van der Waals surface area contributed by atoms with Crippen LogP contribution in [0.2, 0.25) is 0 Å². The first-order valence-corrected chi connectivity index (χ1v) is 7.74. The minimum atomic E-state index is 0.632. The lowest BCUT2D eigenvalue weighted by atomic mass is 10.1. The smallest absolute Gasteiger partial charge is 0.241 e. The van der Waals surface area contributed by atoms with Crippen molar-refractivity contribution < 1.29 is 4.52 Å². The Labute approximate surface area is 136 Å². The van der Waals surface area contributed by atoms with Crippen LogP contribution in [-0.4, -0.2) is 22.1 Å². The molecular weight excluding hydrogens is 286 g/mol. The van der Waals surface area contributed by atoms with E-state index in [0.29, 0.717) is 18.3 Å². The van der Waals surface area contributed by atoms with Gasteiger partial charge < -0.3 is 4.52 Å². The molecule has 0 unspecified atom stereocenters. The van der Waals surface area contributed by atoms with Crippen molar-refractivity contribution in [1.82, 2.24) is 15.0 Å². The molecule has 0 spiro atoms. The number of aromatic nitrogens is 2. The second kappa shape index (κ2) is 6.75. The molecule has 0 aliphatic heterocycles. The third-order valence-electron chi connectivity index (χ3n) is 3.84. The van der Waals surface area contributed by atoms with Gasteiger partial charge in [0.05, 0.1) is 6.54 Å². The van der Waals surface area contributed by atoms with Gasteiger partial charge in [0, 0.05) is 12.1 Å². The molecule has 0 aliphatic rings. The van der Waals surface area contributed by atoms with Crippen molar-refractivity contribution >= 4 is 0 Å². The van der Waals surface area contributed by atoms with Crippen LogP contribution in [0.1, 0.15) is 22.6 Å². The zero-order valence-electron chi connectivity index (χ0n) is 13.8. The van der Waals surface area contributed by atoms with Crippen molar-refractivity contribution in [3.8, 4) is 11.4 Å². The van der Waals surface area contributed by atoms with Gasteiger partial charge in [-0.25, -0.2) is 0 Å². The Morgan fingerprint density at radius 2 is 1.78 bits per heavy atom. The Morgan fingerprint density at radius 1 is 1.00 bits per heavy atom. The van der Waals surface area contributed by atoms with E-state index in [0.717, 1.165) is 12.1 Å². The van der Waals surface area contributed by atoms with Crippen molar-refractivity contribution in [1.29, 1.82) is 0 Å². The van der Waals surface area contributed by atoms with Gasteiger partial charge in [0.25, 0.3) is 0 Å². The van der Waals surface area contributed by atoms with Gasteiger partial charge in [-0.1, -0.05) is 59.3 Å². The van der Waals surface area contributed by atoms with E-state index >= 15 is 0 Å². The van der Waals surface area contributed by atoms with E-state index < -0.39 is 0 Å². The van der Waals surface area contributed by atoms with Crippen LogP contribution in [0.4, 0.5) is 0 Å². The zero-order chi connectivity index (χ0) is 16.2. The van der Waals surface area contributed by atoms with Gasteiger partial charge in [-0.15, -0.1) is 0 Å². The molecule has 0 fully saturated rings. The molecule has 23 heavy (non-hydrogen) atoms. The monoisotopic (exact) mass is 307 g/mol. The summed E-state index contributed by atoms with van der Waals surface area (Å²) in [5.74, 6) is 1.27. The summed E-state index contributed by atoms with van der Waals surface area (Å²) in [6.07, 6.45) is 0. The van der Waals surface area contributed by atoms with E-state index in [4.69, 9.17) is 4.52 Å². The van der Waals surface area contributed by atoms with Crippen LogP contribution in [0, 0.1) is 13.8 Å². The summed E-state index contributed by atoms with van der Waals surface area (Å²) < 4.78 is 5.37. The van der Waals surface area contributed by atoms with Gasteiger partial charge >= 0.3 is 0 Å². The number of rotatable bonds is 5. The van der Waals surface area contributed by atoms with Crippen molar-refractivity contribution in [2.24, 2.45) is 0 Å². The average molecular weight is 307 g/mol. The van der Waals surface area contributed by atoms with E-state index in [1.54, 1.807) is 0 Å². The van der Waals surface area contributed by atoms with Crippen molar-refractivity contribution in [3.63, 3.8) is 0 Å². The lowest BCUT2D eigenvalue weighted by Crippen LogP contribution is -2.18. The summed E-state index contributed by atoms with van der Waals surface area (Å²) in [4.78, 5) is 6.66. The van der Waals surface area contributed by atoms with E-state index in [1.165, 1.54) is 16.7 Å². The second-order valence-electron chi connectivity index (χ2n) is 5.98. The summed E-state index contributed by atoms with van der Waals surface area (Å²) in [6, 6.07) is 16.4. The molecule has 1 heterocycles. The minimum Gasteiger partial charge on any atom is -0.338 e. The first kappa shape index (κ1) is 15.4. The van der Waals surface area contributed by atoms with E-state index in [2.05, 4.69) is 54.1 Å². The summed E-state index contributed by atoms with van der Waals surface area (Å²) >= 11 is 0. The fraction of sp³-hybridized carbons (Fsp3) is 0.263. The molecule has 0 radical (unpaired) electrons. The largest absolute Gasteiger partial charge is 0.338 e. The van der Waals surface area contributed by atoms with Gasteiger partial charge in [0.15, 0.2) is 0 Å². The quantitative estimate of drug-likeness (QED) is 0.715. The molecule has 2 aromatic carbocycles. The summed E-state index contributed by atoms with van der Waals surface area (Å²) in [5, 5.41) is 4.06. The van der Waals surface area contributed by atoms with Gasteiger partial charge in [-0.2, -0.15) is 4.98 Å². The highest BCUT2D eigenvalue weighted by molar-refractivity contribution is 5.53. The topological polar surface area (TPSA) is 42.2 Å². The molecule has 0 bridgehead atoms. The molecule has 3 aromatic rings. The van der Waals surface area contributed by atoms with Gasteiger partial charge in [0.1, 0.15) is 0 Å². The normalized spacial score (nSPS) is 11.1. The van der Waals surface area contributed by atoms with Crippen molar-refractivity contribution in [2.75, 3.05) is 7.05 Å². The zero-order valence-corrected chi connectivity index (χ0v) is 13.8. The van der Waals surface area contributed by atoms with Gasteiger partial charge in [-0.3, -0.25) is 4.90 Å². The third kappa shape index (κ3) is 3.85. The second-order valence-corrected chi connectivity index (χ2v) is 5.98. The number of hydrogen-bond donors (Lipinski definition) is 0. The maximum atomic E-state index is 5.37. The van der Waals surface area contributed by atoms with Crippen LogP contribution in [0.5, 0.6) is 0 Å². The molecule has 118 valence electrons. The fourth-order valence-electron chi connectivity index (χ4n) is 2.62. The molecular formula is C19H21N3O. The molecule has 0 amide bonds. The number of benzene rings is 2. The number of aryl methyl sites for hydroxylation is 2. The predicted octanol–water partition coefficient (Wildman–Crippen LogP) is 3.99. The Hall–Kier alpha value is -2.46. The van der Waals surface area contributed by atoms with E-state index in [-0.39, 0.29) is 0 Å². The average Bonchev–Trinajstić information content (AvgIpc) is 2.99. The minimum absolute atomic E-state index is 0.632. The van der Waals surface area contributed by atoms with Crippen LogP contribution in [-0.2, 0) is 13.1 Å². The Bertz CT molecular complexity index is 780. The van der Waals surface area contributed by atoms with Crippen LogP contribution in [0.3, 0.4) is 0 Å². The summed E-state index contributed by atoms with van der Waals surface area (Å²) in [5.41, 5.74) is 4.89. The molecule has 0 atom stereocenters. The highest BCUT2D eigenvalue weighted by Gasteiger charge is 2.11. The van der Waals surface area contributed by atoms with Crippen molar-refractivity contribution in [3.05, 3.63) is 71.1 Å². The Morgan fingerprint density at radius 3 is 2.52 bits per heavy atom. The summed E-state index contributed by atoms with van der Waals surface area (Å²) in [6.45, 7) is 5.75. The molecule has 0 saturated carbocycles. The SMILES string of the molecule is Cc1ccc(CN(C)Cc2nc(-c3ccccc3)no2)c(C)c1. The highest BCUT2D eigenvalue weighted by atomic mass is 16.5. The lowest BCUT2D eigenvalue weighted by Gasteiger charge is -2.16. The van der Waals surface area contributed by atoms with Gasteiger partial charge in [0.2, 0.25) is 11.7 Å². The Kier molecular flexibility index (Phi) is 4.53. The standard InChI is InChI=1S/C19H21N3O/c1-14-9-10-17(15(2)11-14)12-22(3)13-18-20-19(21-23-18)16-7-5-4-6-8-16/h4-11H,12-13H2,1-3H3. The number of nitrogens with zero attached hydrogens (tertiary/aromatic N) is 3. The predicted molar refractivity (Wildman–Crippen MR) is 90.8 cm³/mol. The van der Waals surface area contributed by atoms with Crippen LogP contribution in [0.15, 0.2) is 53.1 Å². The summed E-state index contributed by atoms with van der Waals surface area (Å²) in [7, 11) is 2.06. The third-order valence-corrected chi connectivity index (χ3v) is 3.84. The molecule has 1 aromatic heterocycles. The van der Waals surface area contributed by atoms with E-state index in [9.17, 15) is 0 Å². The molecule has 3 rings (SSSR count). The Balaban J connectivity index is 1.66. The number of hydrogen-bond acceptors (Lipinski definition) is 4. The first-order valence-electron chi connectivity index (χ1n) is 7.74. The molecule has 4 nitrogen and oxygen atoms in total. The van der Waals surface area contributed by atoms with Crippen LogP contribution < -0.4 is 0 Å². The fourth-order valence-corrected chi connectivity index (χ4v) is 2.62. The van der Waals surface area contributed by atoms with Crippen LogP contribution in [0.25, 0.3) is 11.4 Å². The molecule has 0 N–H and O–H groups in total. The highest BCUT2D eigenvalue weighted by Crippen LogP contribution is 2.17. The molecule has 0 aliphatic carbocycles. The molecule has 0 saturated heterocycles.